The van der Waals surface area contributed by atoms with Gasteiger partial charge in [0, 0.05) is 30.4 Å². The molecule has 0 unspecified atom stereocenters. The second-order valence-electron chi connectivity index (χ2n) is 6.01. The topological polar surface area (TPSA) is 42.4 Å². The van der Waals surface area contributed by atoms with Gasteiger partial charge in [-0.2, -0.15) is 0 Å². The summed E-state index contributed by atoms with van der Waals surface area (Å²) in [6.45, 7) is 7.58. The predicted molar refractivity (Wildman–Crippen MR) is 80.2 cm³/mol. The third-order valence-corrected chi connectivity index (χ3v) is 4.18. The van der Waals surface area contributed by atoms with Crippen LogP contribution in [0.5, 0.6) is 0 Å². The zero-order chi connectivity index (χ0) is 14.6. The van der Waals surface area contributed by atoms with Crippen LogP contribution in [0.25, 0.3) is 0 Å². The lowest BCUT2D eigenvalue weighted by Crippen LogP contribution is -2.36. The highest BCUT2D eigenvalue weighted by molar-refractivity contribution is 7.97. The van der Waals surface area contributed by atoms with Crippen LogP contribution in [0, 0.1) is 5.92 Å². The fourth-order valence-electron chi connectivity index (χ4n) is 2.12. The van der Waals surface area contributed by atoms with Crippen LogP contribution in [0.15, 0.2) is 29.4 Å². The van der Waals surface area contributed by atoms with Crippen molar-refractivity contribution in [3.8, 4) is 0 Å². The number of rotatable bonds is 3. The minimum absolute atomic E-state index is 0.0449. The van der Waals surface area contributed by atoms with E-state index in [0.29, 0.717) is 0 Å². The molecule has 0 N–H and O–H groups in total. The van der Waals surface area contributed by atoms with E-state index in [1.807, 2.05) is 32.9 Å². The summed E-state index contributed by atoms with van der Waals surface area (Å²) < 4.78 is 7.76. The molecule has 1 aliphatic rings. The summed E-state index contributed by atoms with van der Waals surface area (Å²) in [5.74, 6) is -0.00502. The molecule has 1 aromatic rings. The Bertz CT molecular complexity index is 437. The zero-order valence-electron chi connectivity index (χ0n) is 12.3. The lowest BCUT2D eigenvalue weighted by Gasteiger charge is -2.31. The second-order valence-corrected chi connectivity index (χ2v) is 7.18. The number of ether oxygens (including phenoxy) is 1. The molecule has 2 rings (SSSR count). The van der Waals surface area contributed by atoms with Crippen molar-refractivity contribution in [2.24, 2.45) is 5.92 Å². The maximum atomic E-state index is 12.0. The molecule has 0 spiro atoms. The minimum Gasteiger partial charge on any atom is -0.460 e. The van der Waals surface area contributed by atoms with Crippen LogP contribution in [0.2, 0.25) is 0 Å². The molecule has 110 valence electrons. The summed E-state index contributed by atoms with van der Waals surface area (Å²) in [5, 5.41) is 0. The van der Waals surface area contributed by atoms with Crippen LogP contribution in [0.4, 0.5) is 0 Å². The molecule has 5 heteroatoms. The highest BCUT2D eigenvalue weighted by atomic mass is 32.2. The molecule has 1 aliphatic heterocycles. The molecule has 1 aromatic heterocycles. The van der Waals surface area contributed by atoms with Gasteiger partial charge in [0.1, 0.15) is 5.60 Å². The number of aromatic nitrogens is 1. The van der Waals surface area contributed by atoms with Crippen LogP contribution < -0.4 is 0 Å². The van der Waals surface area contributed by atoms with E-state index in [1.54, 1.807) is 24.3 Å². The van der Waals surface area contributed by atoms with Crippen molar-refractivity contribution in [2.75, 3.05) is 13.1 Å². The Kier molecular flexibility index (Phi) is 5.05. The van der Waals surface area contributed by atoms with Crippen molar-refractivity contribution < 1.29 is 9.53 Å². The summed E-state index contributed by atoms with van der Waals surface area (Å²) in [7, 11) is 0. The standard InChI is InChI=1S/C15H22N2O2S/c1-15(2,3)19-14(18)12-6-10-17(11-7-12)20-13-4-8-16-9-5-13/h4-5,8-9,12H,6-7,10-11H2,1-3H3. The molecule has 0 aromatic carbocycles. The number of hydrogen-bond acceptors (Lipinski definition) is 5. The van der Waals surface area contributed by atoms with E-state index >= 15 is 0 Å². The van der Waals surface area contributed by atoms with Gasteiger partial charge in [0.05, 0.1) is 5.92 Å². The van der Waals surface area contributed by atoms with E-state index in [9.17, 15) is 4.79 Å². The summed E-state index contributed by atoms with van der Waals surface area (Å²) in [6.07, 6.45) is 5.34. The van der Waals surface area contributed by atoms with Crippen molar-refractivity contribution >= 4 is 17.9 Å². The number of pyridine rings is 1. The van der Waals surface area contributed by atoms with Gasteiger partial charge in [-0.25, -0.2) is 4.31 Å². The Morgan fingerprint density at radius 1 is 1.30 bits per heavy atom. The maximum absolute atomic E-state index is 12.0. The quantitative estimate of drug-likeness (QED) is 0.633. The number of hydrogen-bond donors (Lipinski definition) is 0. The molecule has 0 atom stereocenters. The van der Waals surface area contributed by atoms with Crippen molar-refractivity contribution in [1.82, 2.24) is 9.29 Å². The monoisotopic (exact) mass is 294 g/mol. The highest BCUT2D eigenvalue weighted by Gasteiger charge is 2.29. The van der Waals surface area contributed by atoms with Crippen LogP contribution in [0.3, 0.4) is 0 Å². The molecule has 1 saturated heterocycles. The smallest absolute Gasteiger partial charge is 0.309 e. The number of carbonyl (C=O) groups excluding carboxylic acids is 1. The van der Waals surface area contributed by atoms with Gasteiger partial charge in [0.15, 0.2) is 0 Å². The van der Waals surface area contributed by atoms with Gasteiger partial charge in [-0.05, 0) is 57.7 Å². The van der Waals surface area contributed by atoms with Crippen molar-refractivity contribution in [3.63, 3.8) is 0 Å². The third kappa shape index (κ3) is 4.80. The first kappa shape index (κ1) is 15.3. The lowest BCUT2D eigenvalue weighted by atomic mass is 9.98. The predicted octanol–water partition coefficient (Wildman–Crippen LogP) is 3.14. The Labute approximate surface area is 125 Å². The van der Waals surface area contributed by atoms with Gasteiger partial charge in [0.25, 0.3) is 0 Å². The SMILES string of the molecule is CC(C)(C)OC(=O)C1CCN(Sc2ccncc2)CC1. The highest BCUT2D eigenvalue weighted by Crippen LogP contribution is 2.29. The first-order valence-electron chi connectivity index (χ1n) is 7.00. The largest absolute Gasteiger partial charge is 0.460 e. The maximum Gasteiger partial charge on any atom is 0.309 e. The molecule has 20 heavy (non-hydrogen) atoms. The summed E-state index contributed by atoms with van der Waals surface area (Å²) in [4.78, 5) is 17.2. The van der Waals surface area contributed by atoms with Crippen molar-refractivity contribution in [3.05, 3.63) is 24.5 Å². The Balaban J connectivity index is 1.79. The Hall–Kier alpha value is -1.07. The molecule has 0 amide bonds. The zero-order valence-corrected chi connectivity index (χ0v) is 13.2. The van der Waals surface area contributed by atoms with E-state index in [-0.39, 0.29) is 17.5 Å². The minimum atomic E-state index is -0.389. The van der Waals surface area contributed by atoms with E-state index in [2.05, 4.69) is 9.29 Å². The summed E-state index contributed by atoms with van der Waals surface area (Å²) in [6, 6.07) is 4.01. The molecule has 2 heterocycles. The van der Waals surface area contributed by atoms with Gasteiger partial charge in [-0.15, -0.1) is 0 Å². The first-order valence-corrected chi connectivity index (χ1v) is 7.77. The van der Waals surface area contributed by atoms with Gasteiger partial charge >= 0.3 is 5.97 Å². The number of esters is 1. The van der Waals surface area contributed by atoms with Crippen LogP contribution >= 0.6 is 11.9 Å². The average Bonchev–Trinajstić information content (AvgIpc) is 2.39. The normalized spacial score (nSPS) is 17.9. The summed E-state index contributed by atoms with van der Waals surface area (Å²) in [5.41, 5.74) is -0.389. The van der Waals surface area contributed by atoms with Crippen LogP contribution in [-0.4, -0.2) is 33.9 Å². The average molecular weight is 294 g/mol. The van der Waals surface area contributed by atoms with Crippen LogP contribution in [0.1, 0.15) is 33.6 Å². The molecule has 0 radical (unpaired) electrons. The molecule has 4 nitrogen and oxygen atoms in total. The second kappa shape index (κ2) is 6.59. The van der Waals surface area contributed by atoms with Crippen molar-refractivity contribution in [1.29, 1.82) is 0 Å². The lowest BCUT2D eigenvalue weighted by molar-refractivity contribution is -0.161. The molecule has 0 saturated carbocycles. The molecular formula is C15H22N2O2S. The van der Waals surface area contributed by atoms with E-state index < -0.39 is 0 Å². The van der Waals surface area contributed by atoms with Gasteiger partial charge < -0.3 is 4.74 Å². The van der Waals surface area contributed by atoms with Gasteiger partial charge in [0.2, 0.25) is 0 Å². The number of carbonyl (C=O) groups is 1. The molecule has 1 fully saturated rings. The molecule has 0 bridgehead atoms. The van der Waals surface area contributed by atoms with E-state index in [0.717, 1.165) is 25.9 Å². The number of piperidine rings is 1. The van der Waals surface area contributed by atoms with Gasteiger partial charge in [-0.1, -0.05) is 0 Å². The fourth-order valence-corrected chi connectivity index (χ4v) is 3.05. The first-order chi connectivity index (χ1) is 9.44. The number of nitrogens with zero attached hydrogens (tertiary/aromatic N) is 2. The van der Waals surface area contributed by atoms with E-state index in [1.165, 1.54) is 4.90 Å². The van der Waals surface area contributed by atoms with Gasteiger partial charge in [-0.3, -0.25) is 9.78 Å². The summed E-state index contributed by atoms with van der Waals surface area (Å²) >= 11 is 1.73. The Morgan fingerprint density at radius 3 is 2.45 bits per heavy atom. The third-order valence-electron chi connectivity index (χ3n) is 3.08. The fraction of sp³-hybridized carbons (Fsp3) is 0.600. The Morgan fingerprint density at radius 2 is 1.90 bits per heavy atom. The molecular weight excluding hydrogens is 272 g/mol. The molecule has 0 aliphatic carbocycles. The van der Waals surface area contributed by atoms with Crippen LogP contribution in [-0.2, 0) is 9.53 Å². The van der Waals surface area contributed by atoms with E-state index in [4.69, 9.17) is 4.74 Å². The van der Waals surface area contributed by atoms with Crippen molar-refractivity contribution in [2.45, 2.75) is 44.1 Å².